The number of halogens is 3. The number of H-pyrrole nitrogens is 1. The maximum absolute atomic E-state index is 13.6. The third-order valence-corrected chi connectivity index (χ3v) is 3.70. The molecule has 112 valence electrons. The molecular weight excluding hydrogens is 310 g/mol. The number of amides is 1. The van der Waals surface area contributed by atoms with Crippen molar-refractivity contribution >= 4 is 34.1 Å². The lowest BCUT2D eigenvalue weighted by molar-refractivity contribution is 0.102. The normalized spacial score (nSPS) is 10.9. The number of hydrogen-bond donors (Lipinski definition) is 2. The van der Waals surface area contributed by atoms with E-state index < -0.39 is 17.5 Å². The molecule has 0 atom stereocenters. The molecule has 0 aliphatic heterocycles. The van der Waals surface area contributed by atoms with Gasteiger partial charge in [0.2, 0.25) is 0 Å². The molecule has 3 aromatic rings. The minimum absolute atomic E-state index is 0.186. The summed E-state index contributed by atoms with van der Waals surface area (Å²) in [4.78, 5) is 15.1. The molecule has 0 aliphatic carbocycles. The lowest BCUT2D eigenvalue weighted by atomic mass is 10.1. The summed E-state index contributed by atoms with van der Waals surface area (Å²) in [5.41, 5.74) is 1.41. The molecule has 0 fully saturated rings. The SMILES string of the molecule is Cc1cc(Cl)c(NC(=O)c2c[nH]c3cc(F)ccc23)cc1F. The van der Waals surface area contributed by atoms with Gasteiger partial charge in [-0.15, -0.1) is 0 Å². The average Bonchev–Trinajstić information content (AvgIpc) is 2.87. The Labute approximate surface area is 129 Å². The first-order valence-corrected chi connectivity index (χ1v) is 6.87. The van der Waals surface area contributed by atoms with E-state index in [0.29, 0.717) is 22.0 Å². The summed E-state index contributed by atoms with van der Waals surface area (Å²) in [5.74, 6) is -1.31. The summed E-state index contributed by atoms with van der Waals surface area (Å²) >= 11 is 6.01. The van der Waals surface area contributed by atoms with E-state index in [4.69, 9.17) is 11.6 Å². The van der Waals surface area contributed by atoms with Gasteiger partial charge < -0.3 is 10.3 Å². The number of hydrogen-bond acceptors (Lipinski definition) is 1. The monoisotopic (exact) mass is 320 g/mol. The molecule has 0 spiro atoms. The Kier molecular flexibility index (Phi) is 3.58. The zero-order chi connectivity index (χ0) is 15.9. The van der Waals surface area contributed by atoms with Crippen LogP contribution >= 0.6 is 11.6 Å². The van der Waals surface area contributed by atoms with Crippen LogP contribution in [0.3, 0.4) is 0 Å². The first-order valence-electron chi connectivity index (χ1n) is 6.49. The van der Waals surface area contributed by atoms with Crippen molar-refractivity contribution in [1.82, 2.24) is 4.98 Å². The topological polar surface area (TPSA) is 44.9 Å². The highest BCUT2D eigenvalue weighted by molar-refractivity contribution is 6.34. The number of nitrogens with one attached hydrogen (secondary N) is 2. The van der Waals surface area contributed by atoms with Gasteiger partial charge in [-0.1, -0.05) is 11.6 Å². The molecule has 3 rings (SSSR count). The van der Waals surface area contributed by atoms with E-state index in [1.807, 2.05) is 0 Å². The van der Waals surface area contributed by atoms with E-state index in [-0.39, 0.29) is 10.7 Å². The number of carbonyl (C=O) groups is 1. The number of carbonyl (C=O) groups excluding carboxylic acids is 1. The van der Waals surface area contributed by atoms with Crippen molar-refractivity contribution < 1.29 is 13.6 Å². The summed E-state index contributed by atoms with van der Waals surface area (Å²) < 4.78 is 26.7. The summed E-state index contributed by atoms with van der Waals surface area (Å²) in [6, 6.07) is 6.69. The molecule has 1 heterocycles. The van der Waals surface area contributed by atoms with E-state index in [1.165, 1.54) is 36.5 Å². The second-order valence-electron chi connectivity index (χ2n) is 4.93. The maximum atomic E-state index is 13.6. The Morgan fingerprint density at radius 3 is 2.77 bits per heavy atom. The number of benzene rings is 2. The molecule has 0 bridgehead atoms. The largest absolute Gasteiger partial charge is 0.360 e. The van der Waals surface area contributed by atoms with Gasteiger partial charge in [0, 0.05) is 17.1 Å². The molecule has 6 heteroatoms. The lowest BCUT2D eigenvalue weighted by Crippen LogP contribution is -2.12. The number of aryl methyl sites for hydroxylation is 1. The Bertz CT molecular complexity index is 889. The van der Waals surface area contributed by atoms with Crippen LogP contribution in [0.5, 0.6) is 0 Å². The van der Waals surface area contributed by atoms with Crippen molar-refractivity contribution in [2.45, 2.75) is 6.92 Å². The standard InChI is InChI=1S/C16H11ClF2N2O/c1-8-4-12(17)15(6-13(8)19)21-16(22)11-7-20-14-5-9(18)2-3-10(11)14/h2-7,20H,1H3,(H,21,22). The molecular formula is C16H11ClF2N2O. The minimum Gasteiger partial charge on any atom is -0.360 e. The van der Waals surface area contributed by atoms with Crippen molar-refractivity contribution in [3.05, 3.63) is 64.3 Å². The molecule has 0 unspecified atom stereocenters. The molecule has 1 amide bonds. The van der Waals surface area contributed by atoms with Crippen LogP contribution < -0.4 is 5.32 Å². The van der Waals surface area contributed by atoms with Crippen LogP contribution in [0.1, 0.15) is 15.9 Å². The first kappa shape index (κ1) is 14.5. The van der Waals surface area contributed by atoms with E-state index in [0.717, 1.165) is 0 Å². The van der Waals surface area contributed by atoms with E-state index >= 15 is 0 Å². The second kappa shape index (κ2) is 5.42. The highest BCUT2D eigenvalue weighted by atomic mass is 35.5. The molecule has 0 saturated heterocycles. The van der Waals surface area contributed by atoms with Crippen LogP contribution in [0.15, 0.2) is 36.5 Å². The fourth-order valence-electron chi connectivity index (χ4n) is 2.22. The summed E-state index contributed by atoms with van der Waals surface area (Å²) in [7, 11) is 0. The Hall–Kier alpha value is -2.40. The number of rotatable bonds is 2. The second-order valence-corrected chi connectivity index (χ2v) is 5.33. The van der Waals surface area contributed by atoms with Crippen LogP contribution in [0, 0.1) is 18.6 Å². The Morgan fingerprint density at radius 1 is 1.23 bits per heavy atom. The highest BCUT2D eigenvalue weighted by Crippen LogP contribution is 2.27. The van der Waals surface area contributed by atoms with E-state index in [9.17, 15) is 13.6 Å². The van der Waals surface area contributed by atoms with Gasteiger partial charge >= 0.3 is 0 Å². The molecule has 1 aromatic heterocycles. The third kappa shape index (κ3) is 2.55. The number of anilines is 1. The molecule has 3 nitrogen and oxygen atoms in total. The Morgan fingerprint density at radius 2 is 2.00 bits per heavy atom. The first-order chi connectivity index (χ1) is 10.5. The van der Waals surface area contributed by atoms with Crippen molar-refractivity contribution in [2.24, 2.45) is 0 Å². The van der Waals surface area contributed by atoms with Crippen LogP contribution in [0.2, 0.25) is 5.02 Å². The summed E-state index contributed by atoms with van der Waals surface area (Å²) in [6.45, 7) is 1.58. The van der Waals surface area contributed by atoms with Gasteiger partial charge in [-0.05, 0) is 42.8 Å². The van der Waals surface area contributed by atoms with Gasteiger partial charge in [-0.2, -0.15) is 0 Å². The van der Waals surface area contributed by atoms with Crippen molar-refractivity contribution in [3.63, 3.8) is 0 Å². The minimum atomic E-state index is -0.458. The highest BCUT2D eigenvalue weighted by Gasteiger charge is 2.15. The maximum Gasteiger partial charge on any atom is 0.257 e. The fraction of sp³-hybridized carbons (Fsp3) is 0.0625. The van der Waals surface area contributed by atoms with Gasteiger partial charge in [0.15, 0.2) is 0 Å². The quantitative estimate of drug-likeness (QED) is 0.708. The van der Waals surface area contributed by atoms with Crippen LogP contribution in [-0.4, -0.2) is 10.9 Å². The van der Waals surface area contributed by atoms with Gasteiger partial charge in [-0.25, -0.2) is 8.78 Å². The van der Waals surface area contributed by atoms with Crippen LogP contribution in [0.25, 0.3) is 10.9 Å². The summed E-state index contributed by atoms with van der Waals surface area (Å²) in [5, 5.41) is 3.38. The van der Waals surface area contributed by atoms with Crippen LogP contribution in [-0.2, 0) is 0 Å². The molecule has 22 heavy (non-hydrogen) atoms. The van der Waals surface area contributed by atoms with Crippen molar-refractivity contribution in [1.29, 1.82) is 0 Å². The Balaban J connectivity index is 1.95. The molecule has 0 radical (unpaired) electrons. The average molecular weight is 321 g/mol. The molecule has 2 N–H and O–H groups in total. The molecule has 0 saturated carbocycles. The van der Waals surface area contributed by atoms with Crippen LogP contribution in [0.4, 0.5) is 14.5 Å². The third-order valence-electron chi connectivity index (χ3n) is 3.38. The zero-order valence-corrected chi connectivity index (χ0v) is 12.3. The predicted octanol–water partition coefficient (Wildman–Crippen LogP) is 4.66. The van der Waals surface area contributed by atoms with Crippen molar-refractivity contribution in [3.8, 4) is 0 Å². The van der Waals surface area contributed by atoms with Crippen molar-refractivity contribution in [2.75, 3.05) is 5.32 Å². The number of aromatic amines is 1. The molecule has 0 aliphatic rings. The van der Waals surface area contributed by atoms with Gasteiger partial charge in [0.1, 0.15) is 11.6 Å². The van der Waals surface area contributed by atoms with E-state index in [2.05, 4.69) is 10.3 Å². The smallest absolute Gasteiger partial charge is 0.257 e. The number of fused-ring (bicyclic) bond motifs is 1. The predicted molar refractivity (Wildman–Crippen MR) is 82.4 cm³/mol. The zero-order valence-electron chi connectivity index (χ0n) is 11.5. The fourth-order valence-corrected chi connectivity index (χ4v) is 2.48. The number of aromatic nitrogens is 1. The van der Waals surface area contributed by atoms with E-state index in [1.54, 1.807) is 6.92 Å². The molecule has 2 aromatic carbocycles. The van der Waals surface area contributed by atoms with Gasteiger partial charge in [0.05, 0.1) is 16.3 Å². The summed E-state index contributed by atoms with van der Waals surface area (Å²) in [6.07, 6.45) is 1.47. The van der Waals surface area contributed by atoms with Gasteiger partial charge in [0.25, 0.3) is 5.91 Å². The lowest BCUT2D eigenvalue weighted by Gasteiger charge is -2.08. The van der Waals surface area contributed by atoms with Gasteiger partial charge in [-0.3, -0.25) is 4.79 Å².